The maximum atomic E-state index is 12.3. The van der Waals surface area contributed by atoms with Crippen molar-refractivity contribution in [3.63, 3.8) is 0 Å². The second-order valence-electron chi connectivity index (χ2n) is 5.59. The molecule has 0 spiro atoms. The van der Waals surface area contributed by atoms with E-state index in [0.717, 1.165) is 49.4 Å². The van der Waals surface area contributed by atoms with E-state index in [1.54, 1.807) is 0 Å². The van der Waals surface area contributed by atoms with Gasteiger partial charge in [-0.1, -0.05) is 6.07 Å². The molecule has 1 aromatic rings. The molecule has 4 N–H and O–H groups in total. The van der Waals surface area contributed by atoms with Crippen LogP contribution in [0.1, 0.15) is 25.3 Å². The summed E-state index contributed by atoms with van der Waals surface area (Å²) in [5.74, 6) is 0.286. The molecular formula is C15H22N4O. The summed E-state index contributed by atoms with van der Waals surface area (Å²) in [5, 5.41) is 13.1. The summed E-state index contributed by atoms with van der Waals surface area (Å²) in [5.41, 5.74) is 3.19. The number of anilines is 2. The monoisotopic (exact) mass is 274 g/mol. The smallest absolute Gasteiger partial charge is 0.227 e. The molecule has 2 aliphatic rings. The van der Waals surface area contributed by atoms with Gasteiger partial charge in [-0.3, -0.25) is 10.1 Å². The number of benzene rings is 1. The van der Waals surface area contributed by atoms with E-state index in [2.05, 4.69) is 34.3 Å². The largest absolute Gasteiger partial charge is 0.370 e. The van der Waals surface area contributed by atoms with E-state index < -0.39 is 0 Å². The fraction of sp³-hybridized carbons (Fsp3) is 0.533. The minimum Gasteiger partial charge on any atom is -0.370 e. The third-order valence-electron chi connectivity index (χ3n) is 4.10. The predicted octanol–water partition coefficient (Wildman–Crippen LogP) is 1.49. The van der Waals surface area contributed by atoms with Crippen molar-refractivity contribution in [1.29, 1.82) is 0 Å². The molecule has 0 aliphatic carbocycles. The Morgan fingerprint density at radius 1 is 1.30 bits per heavy atom. The van der Waals surface area contributed by atoms with E-state index in [-0.39, 0.29) is 18.0 Å². The second-order valence-corrected chi connectivity index (χ2v) is 5.59. The van der Waals surface area contributed by atoms with Gasteiger partial charge in [-0.25, -0.2) is 0 Å². The van der Waals surface area contributed by atoms with Crippen molar-refractivity contribution < 1.29 is 4.79 Å². The third kappa shape index (κ3) is 2.78. The highest BCUT2D eigenvalue weighted by atomic mass is 16.1. The van der Waals surface area contributed by atoms with E-state index >= 15 is 0 Å². The number of carbonyl (C=O) groups is 1. The van der Waals surface area contributed by atoms with Gasteiger partial charge < -0.3 is 16.0 Å². The molecule has 1 amide bonds. The van der Waals surface area contributed by atoms with Crippen LogP contribution in [0.4, 0.5) is 11.4 Å². The Hall–Kier alpha value is -1.59. The van der Waals surface area contributed by atoms with Crippen LogP contribution in [-0.2, 0) is 11.3 Å². The lowest BCUT2D eigenvalue weighted by Gasteiger charge is -2.28. The van der Waals surface area contributed by atoms with E-state index in [4.69, 9.17) is 0 Å². The van der Waals surface area contributed by atoms with Crippen LogP contribution in [-0.4, -0.2) is 25.2 Å². The first-order valence-corrected chi connectivity index (χ1v) is 7.37. The van der Waals surface area contributed by atoms with Gasteiger partial charge in [0.15, 0.2) is 0 Å². The molecule has 1 fully saturated rings. The minimum absolute atomic E-state index is 0.135. The van der Waals surface area contributed by atoms with Crippen molar-refractivity contribution in [2.24, 2.45) is 5.92 Å². The molecule has 1 atom stereocenters. The summed E-state index contributed by atoms with van der Waals surface area (Å²) < 4.78 is 0. The van der Waals surface area contributed by atoms with Crippen LogP contribution in [0.3, 0.4) is 0 Å². The molecule has 1 aromatic carbocycles. The standard InChI is InChI=1S/C15H22N4O/c1-10-17-9-12-13(18-10)3-2-4-14(12)19-15(20)11-5-7-16-8-6-11/h2-4,10-11,16-18H,5-9H2,1H3,(H,19,20). The highest BCUT2D eigenvalue weighted by Gasteiger charge is 2.23. The Kier molecular flexibility index (Phi) is 3.89. The van der Waals surface area contributed by atoms with Crippen LogP contribution in [0.2, 0.25) is 0 Å². The summed E-state index contributed by atoms with van der Waals surface area (Å²) in [7, 11) is 0. The zero-order valence-electron chi connectivity index (χ0n) is 11.8. The Labute approximate surface area is 119 Å². The Bertz CT molecular complexity index is 497. The first-order valence-electron chi connectivity index (χ1n) is 7.37. The molecule has 0 radical (unpaired) electrons. The normalized spacial score (nSPS) is 22.8. The molecule has 108 valence electrons. The van der Waals surface area contributed by atoms with Crippen LogP contribution in [0, 0.1) is 5.92 Å². The lowest BCUT2D eigenvalue weighted by molar-refractivity contribution is -0.120. The van der Waals surface area contributed by atoms with E-state index in [1.807, 2.05) is 12.1 Å². The van der Waals surface area contributed by atoms with Gasteiger partial charge in [0.1, 0.15) is 0 Å². The highest BCUT2D eigenvalue weighted by molar-refractivity contribution is 5.94. The number of hydrogen-bond acceptors (Lipinski definition) is 4. The highest BCUT2D eigenvalue weighted by Crippen LogP contribution is 2.28. The molecule has 0 bridgehead atoms. The summed E-state index contributed by atoms with van der Waals surface area (Å²) >= 11 is 0. The van der Waals surface area contributed by atoms with Gasteiger partial charge >= 0.3 is 0 Å². The molecule has 3 rings (SSSR count). The zero-order valence-corrected chi connectivity index (χ0v) is 11.8. The van der Waals surface area contributed by atoms with Crippen LogP contribution in [0.25, 0.3) is 0 Å². The molecule has 2 heterocycles. The van der Waals surface area contributed by atoms with Crippen LogP contribution >= 0.6 is 0 Å². The molecule has 5 heteroatoms. The first-order chi connectivity index (χ1) is 9.74. The van der Waals surface area contributed by atoms with Gasteiger partial charge in [-0.2, -0.15) is 0 Å². The maximum absolute atomic E-state index is 12.3. The molecule has 0 saturated carbocycles. The average Bonchev–Trinajstić information content (AvgIpc) is 2.48. The number of carbonyl (C=O) groups excluding carboxylic acids is 1. The Morgan fingerprint density at radius 2 is 2.10 bits per heavy atom. The van der Waals surface area contributed by atoms with Crippen LogP contribution in [0.15, 0.2) is 18.2 Å². The van der Waals surface area contributed by atoms with Crippen LogP contribution in [0.5, 0.6) is 0 Å². The fourth-order valence-electron chi connectivity index (χ4n) is 2.89. The number of fused-ring (bicyclic) bond motifs is 1. The average molecular weight is 274 g/mol. The lowest BCUT2D eigenvalue weighted by atomic mass is 9.97. The number of nitrogens with one attached hydrogen (secondary N) is 4. The molecule has 20 heavy (non-hydrogen) atoms. The first kappa shape index (κ1) is 13.4. The molecule has 1 unspecified atom stereocenters. The van der Waals surface area contributed by atoms with Crippen LogP contribution < -0.4 is 21.3 Å². The van der Waals surface area contributed by atoms with Crippen molar-refractivity contribution in [3.05, 3.63) is 23.8 Å². The van der Waals surface area contributed by atoms with Gasteiger partial charge in [-0.05, 0) is 45.0 Å². The van der Waals surface area contributed by atoms with Gasteiger partial charge in [0.25, 0.3) is 0 Å². The summed E-state index contributed by atoms with van der Waals surface area (Å²) in [6.07, 6.45) is 2.11. The van der Waals surface area contributed by atoms with Gasteiger partial charge in [0.2, 0.25) is 5.91 Å². The summed E-state index contributed by atoms with van der Waals surface area (Å²) in [6.45, 7) is 4.74. The number of piperidine rings is 1. The molecule has 1 saturated heterocycles. The van der Waals surface area contributed by atoms with Gasteiger partial charge in [0.05, 0.1) is 6.17 Å². The van der Waals surface area contributed by atoms with E-state index in [0.29, 0.717) is 0 Å². The Morgan fingerprint density at radius 3 is 2.90 bits per heavy atom. The van der Waals surface area contributed by atoms with Crippen molar-refractivity contribution >= 4 is 17.3 Å². The van der Waals surface area contributed by atoms with E-state index in [9.17, 15) is 4.79 Å². The van der Waals surface area contributed by atoms with Gasteiger partial charge in [-0.15, -0.1) is 0 Å². The fourth-order valence-corrected chi connectivity index (χ4v) is 2.89. The third-order valence-corrected chi connectivity index (χ3v) is 4.10. The second kappa shape index (κ2) is 5.81. The number of rotatable bonds is 2. The quantitative estimate of drug-likeness (QED) is 0.660. The predicted molar refractivity (Wildman–Crippen MR) is 80.6 cm³/mol. The van der Waals surface area contributed by atoms with Crippen molar-refractivity contribution in [1.82, 2.24) is 10.6 Å². The van der Waals surface area contributed by atoms with Gasteiger partial charge in [0, 0.05) is 29.4 Å². The van der Waals surface area contributed by atoms with Crippen molar-refractivity contribution in [3.8, 4) is 0 Å². The SMILES string of the molecule is CC1NCc2c(NC(=O)C3CCNCC3)cccc2N1. The van der Waals surface area contributed by atoms with Crippen molar-refractivity contribution in [2.75, 3.05) is 23.7 Å². The summed E-state index contributed by atoms with van der Waals surface area (Å²) in [4.78, 5) is 12.3. The lowest BCUT2D eigenvalue weighted by Crippen LogP contribution is -2.38. The Balaban J connectivity index is 1.74. The number of hydrogen-bond donors (Lipinski definition) is 4. The maximum Gasteiger partial charge on any atom is 0.227 e. The molecule has 0 aromatic heterocycles. The van der Waals surface area contributed by atoms with Crippen molar-refractivity contribution in [2.45, 2.75) is 32.5 Å². The topological polar surface area (TPSA) is 65.2 Å². The molecule has 5 nitrogen and oxygen atoms in total. The minimum atomic E-state index is 0.135. The zero-order chi connectivity index (χ0) is 13.9. The van der Waals surface area contributed by atoms with E-state index in [1.165, 1.54) is 0 Å². The molecular weight excluding hydrogens is 252 g/mol. The summed E-state index contributed by atoms with van der Waals surface area (Å²) in [6, 6.07) is 6.03. The number of amides is 1. The molecule has 2 aliphatic heterocycles.